The molecule has 7 heteroatoms. The average Bonchev–Trinajstić information content (AvgIpc) is 1.84. The Kier molecular flexibility index (Phi) is 5.27. The fraction of sp³-hybridized carbons (Fsp3) is 0.800. The zero-order chi connectivity index (χ0) is 9.61. The number of hydrogen-bond donors (Lipinski definition) is 3. The molecule has 0 bridgehead atoms. The SMILES string of the molecule is O=C(CCS)NCCS(=O)(=O)O. The zero-order valence-corrected chi connectivity index (χ0v) is 8.07. The first-order valence-corrected chi connectivity index (χ1v) is 5.52. The van der Waals surface area contributed by atoms with Crippen LogP contribution >= 0.6 is 12.6 Å². The van der Waals surface area contributed by atoms with Crippen LogP contribution in [0.15, 0.2) is 0 Å². The first kappa shape index (κ1) is 11.7. The summed E-state index contributed by atoms with van der Waals surface area (Å²) in [4.78, 5) is 10.7. The van der Waals surface area contributed by atoms with Crippen LogP contribution in [0.1, 0.15) is 6.42 Å². The van der Waals surface area contributed by atoms with Crippen molar-refractivity contribution in [2.24, 2.45) is 0 Å². The molecular formula is C5H11NO4S2. The molecule has 0 saturated carbocycles. The van der Waals surface area contributed by atoms with Crippen molar-refractivity contribution in [2.75, 3.05) is 18.1 Å². The molecule has 0 saturated heterocycles. The van der Waals surface area contributed by atoms with E-state index >= 15 is 0 Å². The maximum Gasteiger partial charge on any atom is 0.266 e. The van der Waals surface area contributed by atoms with E-state index in [1.807, 2.05) is 0 Å². The van der Waals surface area contributed by atoms with Crippen molar-refractivity contribution in [1.29, 1.82) is 0 Å². The third-order valence-corrected chi connectivity index (χ3v) is 1.96. The van der Waals surface area contributed by atoms with E-state index < -0.39 is 15.9 Å². The molecule has 0 unspecified atom stereocenters. The number of carbonyl (C=O) groups excluding carboxylic acids is 1. The molecule has 0 radical (unpaired) electrons. The number of hydrogen-bond acceptors (Lipinski definition) is 4. The summed E-state index contributed by atoms with van der Waals surface area (Å²) in [5.41, 5.74) is 0. The van der Waals surface area contributed by atoms with Crippen LogP contribution in [0.3, 0.4) is 0 Å². The lowest BCUT2D eigenvalue weighted by Gasteiger charge is -2.01. The van der Waals surface area contributed by atoms with Crippen LogP contribution < -0.4 is 5.32 Å². The molecule has 0 aliphatic rings. The van der Waals surface area contributed by atoms with Crippen LogP contribution in [-0.2, 0) is 14.9 Å². The molecular weight excluding hydrogens is 202 g/mol. The van der Waals surface area contributed by atoms with Gasteiger partial charge in [0.15, 0.2) is 0 Å². The minimum absolute atomic E-state index is 0.0640. The van der Waals surface area contributed by atoms with E-state index in [2.05, 4.69) is 17.9 Å². The third kappa shape index (κ3) is 7.83. The standard InChI is InChI=1S/C5H11NO4S2/c7-5(1-3-11)6-2-4-12(8,9)10/h11H,1-4H2,(H,6,7)(H,8,9,10). The topological polar surface area (TPSA) is 83.5 Å². The Hall–Kier alpha value is -0.270. The highest BCUT2D eigenvalue weighted by Crippen LogP contribution is 1.84. The Balaban J connectivity index is 3.51. The first-order chi connectivity index (χ1) is 5.45. The van der Waals surface area contributed by atoms with E-state index in [0.29, 0.717) is 5.75 Å². The number of nitrogens with one attached hydrogen (secondary N) is 1. The van der Waals surface area contributed by atoms with Crippen molar-refractivity contribution in [2.45, 2.75) is 6.42 Å². The normalized spacial score (nSPS) is 11.2. The van der Waals surface area contributed by atoms with Crippen molar-refractivity contribution in [3.63, 3.8) is 0 Å². The second-order valence-electron chi connectivity index (χ2n) is 2.11. The molecule has 72 valence electrons. The molecule has 5 nitrogen and oxygen atoms in total. The van der Waals surface area contributed by atoms with Gasteiger partial charge in [-0.15, -0.1) is 0 Å². The third-order valence-electron chi connectivity index (χ3n) is 1.02. The molecule has 0 rings (SSSR count). The molecule has 0 heterocycles. The fourth-order valence-electron chi connectivity index (χ4n) is 0.509. The summed E-state index contributed by atoms with van der Waals surface area (Å²) < 4.78 is 28.6. The number of thiol groups is 1. The highest BCUT2D eigenvalue weighted by Gasteiger charge is 2.05. The van der Waals surface area contributed by atoms with Gasteiger partial charge < -0.3 is 5.32 Å². The summed E-state index contributed by atoms with van der Waals surface area (Å²) in [7, 11) is -3.97. The van der Waals surface area contributed by atoms with E-state index in [-0.39, 0.29) is 18.9 Å². The lowest BCUT2D eigenvalue weighted by molar-refractivity contribution is -0.120. The molecule has 1 amide bonds. The van der Waals surface area contributed by atoms with Gasteiger partial charge in [-0.3, -0.25) is 9.35 Å². The summed E-state index contributed by atoms with van der Waals surface area (Å²) in [6.45, 7) is -0.0640. The predicted octanol–water partition coefficient (Wildman–Crippen LogP) is -0.690. The summed E-state index contributed by atoms with van der Waals surface area (Å²) in [5.74, 6) is -0.308. The van der Waals surface area contributed by atoms with Crippen LogP contribution in [0.2, 0.25) is 0 Å². The highest BCUT2D eigenvalue weighted by atomic mass is 32.2. The van der Waals surface area contributed by atoms with Gasteiger partial charge >= 0.3 is 0 Å². The van der Waals surface area contributed by atoms with Crippen molar-refractivity contribution < 1.29 is 17.8 Å². The highest BCUT2D eigenvalue weighted by molar-refractivity contribution is 7.85. The summed E-state index contributed by atoms with van der Waals surface area (Å²) in [6, 6.07) is 0. The lowest BCUT2D eigenvalue weighted by Crippen LogP contribution is -2.28. The van der Waals surface area contributed by atoms with E-state index in [0.717, 1.165) is 0 Å². The van der Waals surface area contributed by atoms with Gasteiger partial charge in [-0.1, -0.05) is 0 Å². The Labute approximate surface area is 76.7 Å². The molecule has 0 atom stereocenters. The van der Waals surface area contributed by atoms with E-state index in [4.69, 9.17) is 4.55 Å². The molecule has 0 aromatic heterocycles. The van der Waals surface area contributed by atoms with Crippen LogP contribution in [0.5, 0.6) is 0 Å². The van der Waals surface area contributed by atoms with Crippen LogP contribution in [0.4, 0.5) is 0 Å². The Bertz CT molecular complexity index is 236. The summed E-state index contributed by atoms with van der Waals surface area (Å²) >= 11 is 3.81. The maximum absolute atomic E-state index is 10.7. The van der Waals surface area contributed by atoms with Gasteiger partial charge in [0.2, 0.25) is 5.91 Å². The average molecular weight is 213 g/mol. The minimum Gasteiger partial charge on any atom is -0.355 e. The predicted molar refractivity (Wildman–Crippen MR) is 47.9 cm³/mol. The van der Waals surface area contributed by atoms with Crippen molar-refractivity contribution in [3.8, 4) is 0 Å². The summed E-state index contributed by atoms with van der Waals surface area (Å²) in [6.07, 6.45) is 0.245. The van der Waals surface area contributed by atoms with E-state index in [9.17, 15) is 13.2 Å². The van der Waals surface area contributed by atoms with Gasteiger partial charge in [0.1, 0.15) is 0 Å². The fourth-order valence-corrected chi connectivity index (χ4v) is 1.07. The van der Waals surface area contributed by atoms with Crippen molar-refractivity contribution in [1.82, 2.24) is 5.32 Å². The van der Waals surface area contributed by atoms with Crippen LogP contribution in [0.25, 0.3) is 0 Å². The Morgan fingerprint density at radius 3 is 2.50 bits per heavy atom. The zero-order valence-electron chi connectivity index (χ0n) is 6.36. The second kappa shape index (κ2) is 5.39. The lowest BCUT2D eigenvalue weighted by atomic mass is 10.4. The number of carbonyl (C=O) groups is 1. The number of amides is 1. The van der Waals surface area contributed by atoms with Gasteiger partial charge in [-0.25, -0.2) is 0 Å². The Morgan fingerprint density at radius 2 is 2.08 bits per heavy atom. The molecule has 2 N–H and O–H groups in total. The van der Waals surface area contributed by atoms with Crippen LogP contribution in [-0.4, -0.2) is 36.9 Å². The number of rotatable bonds is 5. The molecule has 0 spiro atoms. The smallest absolute Gasteiger partial charge is 0.266 e. The molecule has 0 aliphatic carbocycles. The van der Waals surface area contributed by atoms with Crippen LogP contribution in [0, 0.1) is 0 Å². The summed E-state index contributed by atoms with van der Waals surface area (Å²) in [5, 5.41) is 2.31. The molecule has 0 aromatic rings. The van der Waals surface area contributed by atoms with E-state index in [1.165, 1.54) is 0 Å². The van der Waals surface area contributed by atoms with Crippen molar-refractivity contribution >= 4 is 28.7 Å². The molecule has 0 fully saturated rings. The molecule has 0 aliphatic heterocycles. The monoisotopic (exact) mass is 213 g/mol. The quantitative estimate of drug-likeness (QED) is 0.417. The van der Waals surface area contributed by atoms with Gasteiger partial charge in [-0.05, 0) is 5.75 Å². The van der Waals surface area contributed by atoms with Gasteiger partial charge in [0, 0.05) is 13.0 Å². The minimum atomic E-state index is -3.97. The van der Waals surface area contributed by atoms with Gasteiger partial charge in [0.25, 0.3) is 10.1 Å². The molecule has 0 aromatic carbocycles. The molecule has 12 heavy (non-hydrogen) atoms. The first-order valence-electron chi connectivity index (χ1n) is 3.28. The maximum atomic E-state index is 10.7. The Morgan fingerprint density at radius 1 is 1.50 bits per heavy atom. The largest absolute Gasteiger partial charge is 0.355 e. The van der Waals surface area contributed by atoms with Crippen molar-refractivity contribution in [3.05, 3.63) is 0 Å². The second-order valence-corrected chi connectivity index (χ2v) is 4.13. The van der Waals surface area contributed by atoms with Gasteiger partial charge in [-0.2, -0.15) is 21.0 Å². The van der Waals surface area contributed by atoms with E-state index in [1.54, 1.807) is 0 Å². The van der Waals surface area contributed by atoms with Gasteiger partial charge in [0.05, 0.1) is 5.75 Å².